The van der Waals surface area contributed by atoms with Crippen molar-refractivity contribution in [3.8, 4) is 0 Å². The van der Waals surface area contributed by atoms with Crippen LogP contribution in [0, 0.1) is 0 Å². The van der Waals surface area contributed by atoms with Crippen LogP contribution in [0.25, 0.3) is 10.8 Å². The van der Waals surface area contributed by atoms with Crippen molar-refractivity contribution in [3.05, 3.63) is 64.5 Å². The summed E-state index contributed by atoms with van der Waals surface area (Å²) in [7, 11) is 1.50. The molecule has 7 nitrogen and oxygen atoms in total. The quantitative estimate of drug-likeness (QED) is 0.589. The van der Waals surface area contributed by atoms with E-state index in [1.807, 2.05) is 0 Å². The molecular weight excluding hydrogens is 296 g/mol. The van der Waals surface area contributed by atoms with Crippen LogP contribution in [0.5, 0.6) is 0 Å². The Morgan fingerprint density at radius 1 is 1.22 bits per heavy atom. The average Bonchev–Trinajstić information content (AvgIpc) is 3.10. The van der Waals surface area contributed by atoms with Gasteiger partial charge in [0.1, 0.15) is 11.5 Å². The summed E-state index contributed by atoms with van der Waals surface area (Å²) < 4.78 is 6.33. The number of rotatable bonds is 3. The van der Waals surface area contributed by atoms with E-state index >= 15 is 0 Å². The Hall–Kier alpha value is -3.22. The minimum atomic E-state index is -0.497. The number of nitrogens with zero attached hydrogens (tertiary/aromatic N) is 3. The zero-order chi connectivity index (χ0) is 16.4. The maximum Gasteiger partial charge on any atom is 0.292 e. The van der Waals surface area contributed by atoms with Gasteiger partial charge in [-0.3, -0.25) is 9.59 Å². The molecule has 0 fully saturated rings. The van der Waals surface area contributed by atoms with Crippen LogP contribution in [0.2, 0.25) is 0 Å². The predicted molar refractivity (Wildman–Crippen MR) is 85.4 cm³/mol. The number of carbonyl (C=O) groups excluding carboxylic acids is 1. The van der Waals surface area contributed by atoms with Crippen molar-refractivity contribution in [1.29, 1.82) is 0 Å². The van der Waals surface area contributed by atoms with E-state index in [2.05, 4.69) is 15.6 Å². The number of furan rings is 1. The van der Waals surface area contributed by atoms with Gasteiger partial charge in [-0.05, 0) is 25.1 Å². The minimum Gasteiger partial charge on any atom is -0.463 e. The second-order valence-electron chi connectivity index (χ2n) is 4.94. The van der Waals surface area contributed by atoms with Crippen LogP contribution in [0.1, 0.15) is 23.2 Å². The first-order valence-electron chi connectivity index (χ1n) is 6.92. The van der Waals surface area contributed by atoms with Gasteiger partial charge in [0, 0.05) is 12.4 Å². The van der Waals surface area contributed by atoms with Crippen molar-refractivity contribution in [3.63, 3.8) is 0 Å². The lowest BCUT2D eigenvalue weighted by atomic mass is 10.1. The molecule has 3 rings (SSSR count). The highest BCUT2D eigenvalue weighted by Crippen LogP contribution is 2.12. The second-order valence-corrected chi connectivity index (χ2v) is 4.94. The van der Waals surface area contributed by atoms with Crippen LogP contribution < -0.4 is 11.0 Å². The van der Waals surface area contributed by atoms with Gasteiger partial charge < -0.3 is 4.42 Å². The summed E-state index contributed by atoms with van der Waals surface area (Å²) in [5.41, 5.74) is 2.84. The molecule has 2 aromatic heterocycles. The number of fused-ring (bicyclic) bond motifs is 1. The van der Waals surface area contributed by atoms with Crippen molar-refractivity contribution in [2.24, 2.45) is 12.1 Å². The molecule has 0 unspecified atom stereocenters. The van der Waals surface area contributed by atoms with Crippen molar-refractivity contribution in [1.82, 2.24) is 15.2 Å². The third-order valence-electron chi connectivity index (χ3n) is 3.37. The molecule has 0 radical (unpaired) electrons. The summed E-state index contributed by atoms with van der Waals surface area (Å²) in [5, 5.41) is 8.96. The van der Waals surface area contributed by atoms with Crippen molar-refractivity contribution in [2.45, 2.75) is 6.92 Å². The summed E-state index contributed by atoms with van der Waals surface area (Å²) in [5.74, 6) is 0.0614. The third-order valence-corrected chi connectivity index (χ3v) is 3.37. The highest BCUT2D eigenvalue weighted by atomic mass is 16.3. The minimum absolute atomic E-state index is 0.138. The Morgan fingerprint density at radius 2 is 1.96 bits per heavy atom. The van der Waals surface area contributed by atoms with Gasteiger partial charge in [0.25, 0.3) is 11.5 Å². The van der Waals surface area contributed by atoms with Gasteiger partial charge in [-0.2, -0.15) is 10.2 Å². The van der Waals surface area contributed by atoms with E-state index in [4.69, 9.17) is 4.42 Å². The first-order chi connectivity index (χ1) is 11.1. The molecular formula is C16H14N4O3. The molecule has 0 aliphatic carbocycles. The fourth-order valence-corrected chi connectivity index (χ4v) is 2.19. The molecule has 0 bridgehead atoms. The van der Waals surface area contributed by atoms with E-state index in [1.54, 1.807) is 43.3 Å². The monoisotopic (exact) mass is 310 g/mol. The Kier molecular flexibility index (Phi) is 3.76. The van der Waals surface area contributed by atoms with Gasteiger partial charge in [-0.25, -0.2) is 10.1 Å². The third kappa shape index (κ3) is 2.76. The van der Waals surface area contributed by atoms with E-state index in [1.165, 1.54) is 13.3 Å². The molecule has 1 N–H and O–H groups in total. The van der Waals surface area contributed by atoms with Crippen LogP contribution in [-0.4, -0.2) is 21.4 Å². The topological polar surface area (TPSA) is 89.5 Å². The summed E-state index contributed by atoms with van der Waals surface area (Å²) in [6.07, 6.45) is 1.53. The molecule has 0 spiro atoms. The maximum atomic E-state index is 12.4. The van der Waals surface area contributed by atoms with E-state index in [-0.39, 0.29) is 11.3 Å². The molecule has 0 saturated carbocycles. The summed E-state index contributed by atoms with van der Waals surface area (Å²) in [6.45, 7) is 1.71. The highest BCUT2D eigenvalue weighted by molar-refractivity contribution is 6.05. The zero-order valence-corrected chi connectivity index (χ0v) is 12.6. The van der Waals surface area contributed by atoms with Crippen LogP contribution in [-0.2, 0) is 7.05 Å². The fraction of sp³-hybridized carbons (Fsp3) is 0.125. The molecule has 1 aromatic carbocycles. The Labute approximate surface area is 131 Å². The van der Waals surface area contributed by atoms with Crippen molar-refractivity contribution in [2.75, 3.05) is 0 Å². The van der Waals surface area contributed by atoms with E-state index in [0.29, 0.717) is 22.2 Å². The lowest BCUT2D eigenvalue weighted by Gasteiger charge is -2.06. The van der Waals surface area contributed by atoms with Gasteiger partial charge >= 0.3 is 0 Å². The largest absolute Gasteiger partial charge is 0.463 e. The van der Waals surface area contributed by atoms with Gasteiger partial charge in [-0.1, -0.05) is 18.2 Å². The van der Waals surface area contributed by atoms with Crippen molar-refractivity contribution >= 4 is 22.4 Å². The Balaban J connectivity index is 1.97. The van der Waals surface area contributed by atoms with E-state index < -0.39 is 5.91 Å². The number of nitrogens with one attached hydrogen (secondary N) is 1. The zero-order valence-electron chi connectivity index (χ0n) is 12.6. The maximum absolute atomic E-state index is 12.4. The first-order valence-corrected chi connectivity index (χ1v) is 6.92. The lowest BCUT2D eigenvalue weighted by molar-refractivity contribution is 0.0949. The van der Waals surface area contributed by atoms with Gasteiger partial charge in [0.2, 0.25) is 0 Å². The molecule has 1 amide bonds. The number of hydrogen-bond acceptors (Lipinski definition) is 5. The molecule has 0 saturated heterocycles. The summed E-state index contributed by atoms with van der Waals surface area (Å²) >= 11 is 0. The first kappa shape index (κ1) is 14.7. The number of aromatic nitrogens is 2. The number of amides is 1. The van der Waals surface area contributed by atoms with Crippen LogP contribution in [0.3, 0.4) is 0 Å². The molecule has 0 aliphatic rings. The van der Waals surface area contributed by atoms with Crippen LogP contribution >= 0.6 is 0 Å². The normalized spacial score (nSPS) is 11.7. The standard InChI is InChI=1S/C16H14N4O3/c1-10(13-8-5-9-23-13)17-18-15(21)14-11-6-3-4-7-12(11)16(22)20(2)19-14/h3-9H,1-2H3,(H,18,21)/b17-10-. The Morgan fingerprint density at radius 3 is 2.65 bits per heavy atom. The molecule has 7 heteroatoms. The summed E-state index contributed by atoms with van der Waals surface area (Å²) in [4.78, 5) is 24.4. The smallest absolute Gasteiger partial charge is 0.292 e. The number of hydrogen-bond donors (Lipinski definition) is 1. The summed E-state index contributed by atoms with van der Waals surface area (Å²) in [6, 6.07) is 10.3. The average molecular weight is 310 g/mol. The van der Waals surface area contributed by atoms with Gasteiger partial charge in [0.15, 0.2) is 5.69 Å². The Bertz CT molecular complexity index is 955. The number of carbonyl (C=O) groups is 1. The number of benzene rings is 1. The fourth-order valence-electron chi connectivity index (χ4n) is 2.19. The molecule has 116 valence electrons. The number of aryl methyl sites for hydroxylation is 1. The highest BCUT2D eigenvalue weighted by Gasteiger charge is 2.15. The van der Waals surface area contributed by atoms with Crippen LogP contribution in [0.15, 0.2) is 57.0 Å². The second kappa shape index (κ2) is 5.88. The molecule has 0 atom stereocenters. The molecule has 3 aromatic rings. The van der Waals surface area contributed by atoms with Gasteiger partial charge in [0.05, 0.1) is 11.6 Å². The molecule has 23 heavy (non-hydrogen) atoms. The molecule has 0 aliphatic heterocycles. The SMILES string of the molecule is C/C(=N/NC(=O)c1nn(C)c(=O)c2ccccc12)c1ccco1. The van der Waals surface area contributed by atoms with Crippen LogP contribution in [0.4, 0.5) is 0 Å². The molecule has 2 heterocycles. The van der Waals surface area contributed by atoms with Gasteiger partial charge in [-0.15, -0.1) is 0 Å². The lowest BCUT2D eigenvalue weighted by Crippen LogP contribution is -2.27. The van der Waals surface area contributed by atoms with E-state index in [9.17, 15) is 9.59 Å². The van der Waals surface area contributed by atoms with Crippen molar-refractivity contribution < 1.29 is 9.21 Å². The predicted octanol–water partition coefficient (Wildman–Crippen LogP) is 1.68. The van der Waals surface area contributed by atoms with E-state index in [0.717, 1.165) is 4.68 Å². The number of hydrazone groups is 1.